The molecule has 1 fully saturated rings. The Labute approximate surface area is 189 Å². The van der Waals surface area contributed by atoms with Gasteiger partial charge in [-0.3, -0.25) is 9.80 Å². The van der Waals surface area contributed by atoms with Crippen LogP contribution in [0.2, 0.25) is 5.02 Å². The van der Waals surface area contributed by atoms with E-state index in [9.17, 15) is 13.6 Å². The monoisotopic (exact) mass is 464 g/mol. The first kappa shape index (κ1) is 21.0. The molecule has 0 bridgehead atoms. The Morgan fingerprint density at radius 1 is 1.23 bits per heavy atom. The zero-order chi connectivity index (χ0) is 21.7. The maximum Gasteiger partial charge on any atom is 0.323 e. The summed E-state index contributed by atoms with van der Waals surface area (Å²) in [6.45, 7) is 5.17. The van der Waals surface area contributed by atoms with Gasteiger partial charge >= 0.3 is 6.03 Å². The number of rotatable bonds is 2. The van der Waals surface area contributed by atoms with Crippen LogP contribution in [0.15, 0.2) is 29.2 Å². The highest BCUT2D eigenvalue weighted by atomic mass is 35.5. The van der Waals surface area contributed by atoms with E-state index in [1.807, 2.05) is 6.07 Å². The lowest BCUT2D eigenvalue weighted by Crippen LogP contribution is -2.58. The fourth-order valence-corrected chi connectivity index (χ4v) is 6.27. The van der Waals surface area contributed by atoms with Gasteiger partial charge in [0.15, 0.2) is 0 Å². The van der Waals surface area contributed by atoms with Gasteiger partial charge in [-0.2, -0.15) is 0 Å². The van der Waals surface area contributed by atoms with E-state index in [-0.39, 0.29) is 23.8 Å². The topological polar surface area (TPSA) is 47.6 Å². The van der Waals surface area contributed by atoms with Crippen LogP contribution in [0.5, 0.6) is 0 Å². The molecular formula is C22H23ClF2N4OS. The van der Waals surface area contributed by atoms with Gasteiger partial charge in [-0.15, -0.1) is 11.8 Å². The smallest absolute Gasteiger partial charge is 0.318 e. The van der Waals surface area contributed by atoms with Crippen LogP contribution in [0.1, 0.15) is 25.1 Å². The fraction of sp³-hybridized carbons (Fsp3) is 0.409. The molecule has 0 aromatic heterocycles. The number of nitrogens with zero attached hydrogens (tertiary/aromatic N) is 2. The zero-order valence-corrected chi connectivity index (χ0v) is 18.6. The van der Waals surface area contributed by atoms with Crippen molar-refractivity contribution in [3.05, 3.63) is 46.5 Å². The first-order valence-electron chi connectivity index (χ1n) is 10.4. The second-order valence-electron chi connectivity index (χ2n) is 8.12. The number of piperazine rings is 1. The first-order chi connectivity index (χ1) is 15.0. The fourth-order valence-electron chi connectivity index (χ4n) is 4.69. The molecule has 2 atom stereocenters. The predicted octanol–water partition coefficient (Wildman–Crippen LogP) is 4.60. The molecule has 0 saturated carbocycles. The van der Waals surface area contributed by atoms with Crippen LogP contribution < -0.4 is 15.5 Å². The quantitative estimate of drug-likeness (QED) is 0.681. The molecule has 164 valence electrons. The third kappa shape index (κ3) is 3.59. The highest BCUT2D eigenvalue weighted by molar-refractivity contribution is 7.99. The molecule has 5 nitrogen and oxygen atoms in total. The van der Waals surface area contributed by atoms with E-state index >= 15 is 0 Å². The van der Waals surface area contributed by atoms with E-state index in [0.29, 0.717) is 17.1 Å². The molecule has 0 spiro atoms. The molecular weight excluding hydrogens is 442 g/mol. The standard InChI is InChI=1S/C22H23ClF2N4OS/c1-12-11-26-5-7-28(12)21-15-10-16(23)18(14-4-3-13(24)9-17(14)25)20-19(15)29(22(30)27-21)6-2-8-31-20/h3-4,9-10,12,21,26H,2,5-8,11H2,1H3,(H,27,30)/t12-,21?/m0/s1. The Morgan fingerprint density at radius 2 is 2.06 bits per heavy atom. The SMILES string of the molecule is C[C@H]1CNCCN1C1NC(=O)N2CCCSc3c(-c4ccc(F)cc4F)c(Cl)cc1c32. The molecule has 3 heterocycles. The van der Waals surface area contributed by atoms with Gasteiger partial charge in [-0.05, 0) is 37.3 Å². The third-order valence-electron chi connectivity index (χ3n) is 6.16. The van der Waals surface area contributed by atoms with E-state index < -0.39 is 11.6 Å². The summed E-state index contributed by atoms with van der Waals surface area (Å²) in [5.41, 5.74) is 2.49. The van der Waals surface area contributed by atoms with Gasteiger partial charge in [-0.25, -0.2) is 13.6 Å². The van der Waals surface area contributed by atoms with Gasteiger partial charge in [0, 0.05) is 59.9 Å². The Morgan fingerprint density at radius 3 is 2.84 bits per heavy atom. The van der Waals surface area contributed by atoms with E-state index in [1.54, 1.807) is 16.7 Å². The number of nitrogens with one attached hydrogen (secondary N) is 2. The molecule has 3 aliphatic heterocycles. The molecule has 2 aromatic carbocycles. The Balaban J connectivity index is 1.73. The third-order valence-corrected chi connectivity index (χ3v) is 7.64. The Hall–Kier alpha value is -1.87. The molecule has 3 aliphatic rings. The second kappa shape index (κ2) is 8.24. The molecule has 2 amide bonds. The van der Waals surface area contributed by atoms with Gasteiger partial charge in [0.2, 0.25) is 0 Å². The van der Waals surface area contributed by atoms with Crippen LogP contribution in [0.25, 0.3) is 11.1 Å². The van der Waals surface area contributed by atoms with Crippen molar-refractivity contribution in [3.63, 3.8) is 0 Å². The van der Waals surface area contributed by atoms with Crippen molar-refractivity contribution in [2.45, 2.75) is 30.4 Å². The van der Waals surface area contributed by atoms with E-state index in [1.165, 1.54) is 12.1 Å². The summed E-state index contributed by atoms with van der Waals surface area (Å²) in [6, 6.07) is 5.44. The van der Waals surface area contributed by atoms with Crippen molar-refractivity contribution >= 4 is 35.1 Å². The number of thioether (sulfide) groups is 1. The maximum atomic E-state index is 14.8. The lowest BCUT2D eigenvalue weighted by Gasteiger charge is -2.45. The number of halogens is 3. The number of anilines is 1. The van der Waals surface area contributed by atoms with Gasteiger partial charge in [0.1, 0.15) is 17.8 Å². The van der Waals surface area contributed by atoms with E-state index in [2.05, 4.69) is 22.5 Å². The summed E-state index contributed by atoms with van der Waals surface area (Å²) < 4.78 is 28.3. The predicted molar refractivity (Wildman–Crippen MR) is 120 cm³/mol. The highest BCUT2D eigenvalue weighted by Gasteiger charge is 2.40. The first-order valence-corrected chi connectivity index (χ1v) is 11.8. The van der Waals surface area contributed by atoms with E-state index in [0.717, 1.165) is 54.0 Å². The summed E-state index contributed by atoms with van der Waals surface area (Å²) in [5.74, 6) is -0.522. The number of carbonyl (C=O) groups is 1. The summed E-state index contributed by atoms with van der Waals surface area (Å²) in [4.78, 5) is 17.9. The van der Waals surface area contributed by atoms with E-state index in [4.69, 9.17) is 11.6 Å². The van der Waals surface area contributed by atoms with Crippen LogP contribution >= 0.6 is 23.4 Å². The number of carbonyl (C=O) groups excluding carboxylic acids is 1. The van der Waals surface area contributed by atoms with Crippen LogP contribution in [0.4, 0.5) is 19.3 Å². The minimum atomic E-state index is -0.665. The van der Waals surface area contributed by atoms with Gasteiger partial charge in [-0.1, -0.05) is 11.6 Å². The minimum absolute atomic E-state index is 0.153. The second-order valence-corrected chi connectivity index (χ2v) is 9.63. The molecule has 1 saturated heterocycles. The molecule has 0 radical (unpaired) electrons. The van der Waals surface area contributed by atoms with Crippen molar-refractivity contribution in [3.8, 4) is 11.1 Å². The van der Waals surface area contributed by atoms with Crippen LogP contribution in [0, 0.1) is 11.6 Å². The lowest BCUT2D eigenvalue weighted by molar-refractivity contribution is 0.0977. The van der Waals surface area contributed by atoms with Gasteiger partial charge < -0.3 is 10.6 Å². The average Bonchev–Trinajstić information content (AvgIpc) is 2.96. The van der Waals surface area contributed by atoms with Crippen molar-refractivity contribution in [2.75, 3.05) is 36.8 Å². The summed E-state index contributed by atoms with van der Waals surface area (Å²) in [6.07, 6.45) is 0.502. The molecule has 9 heteroatoms. The van der Waals surface area contributed by atoms with Crippen molar-refractivity contribution in [1.29, 1.82) is 0 Å². The van der Waals surface area contributed by atoms with Crippen molar-refractivity contribution in [2.24, 2.45) is 0 Å². The summed E-state index contributed by atoms with van der Waals surface area (Å²) in [5, 5.41) is 6.94. The number of hydrogen-bond acceptors (Lipinski definition) is 4. The average molecular weight is 465 g/mol. The van der Waals surface area contributed by atoms with Crippen LogP contribution in [0.3, 0.4) is 0 Å². The summed E-state index contributed by atoms with van der Waals surface area (Å²) in [7, 11) is 0. The normalized spacial score (nSPS) is 23.9. The van der Waals surface area contributed by atoms with Gasteiger partial charge in [0.05, 0.1) is 10.7 Å². The molecule has 0 aliphatic carbocycles. The number of amides is 2. The Bertz CT molecular complexity index is 1050. The summed E-state index contributed by atoms with van der Waals surface area (Å²) >= 11 is 8.34. The number of hydrogen-bond donors (Lipinski definition) is 2. The highest BCUT2D eigenvalue weighted by Crippen LogP contribution is 2.50. The maximum absolute atomic E-state index is 14.8. The molecule has 2 N–H and O–H groups in total. The molecule has 2 aromatic rings. The molecule has 31 heavy (non-hydrogen) atoms. The number of benzene rings is 2. The Kier molecular flexibility index (Phi) is 5.58. The van der Waals surface area contributed by atoms with Crippen LogP contribution in [-0.4, -0.2) is 48.9 Å². The van der Waals surface area contributed by atoms with Gasteiger partial charge in [0.25, 0.3) is 0 Å². The van der Waals surface area contributed by atoms with Crippen molar-refractivity contribution in [1.82, 2.24) is 15.5 Å². The largest absolute Gasteiger partial charge is 0.323 e. The zero-order valence-electron chi connectivity index (χ0n) is 17.1. The number of urea groups is 1. The molecule has 1 unspecified atom stereocenters. The van der Waals surface area contributed by atoms with Crippen molar-refractivity contribution < 1.29 is 13.6 Å². The minimum Gasteiger partial charge on any atom is -0.318 e. The lowest BCUT2D eigenvalue weighted by atomic mass is 9.96. The molecule has 5 rings (SSSR count). The van der Waals surface area contributed by atoms with Crippen LogP contribution in [-0.2, 0) is 0 Å².